The van der Waals surface area contributed by atoms with Crippen molar-refractivity contribution in [2.45, 2.75) is 84.0 Å². The molecule has 0 aliphatic rings. The summed E-state index contributed by atoms with van der Waals surface area (Å²) in [6, 6.07) is 7.06. The Morgan fingerprint density at radius 2 is 1.58 bits per heavy atom. The van der Waals surface area contributed by atoms with E-state index in [0.717, 1.165) is 12.0 Å². The van der Waals surface area contributed by atoms with Crippen LogP contribution in [0.1, 0.15) is 89.5 Å². The number of carboxylic acids is 1. The van der Waals surface area contributed by atoms with Crippen molar-refractivity contribution in [2.24, 2.45) is 5.92 Å². The molecule has 0 aliphatic carbocycles. The van der Waals surface area contributed by atoms with E-state index in [2.05, 4.69) is 13.8 Å². The zero-order valence-electron chi connectivity index (χ0n) is 15.3. The summed E-state index contributed by atoms with van der Waals surface area (Å²) in [6.45, 7) is 4.44. The first kappa shape index (κ1) is 20.5. The van der Waals surface area contributed by atoms with Gasteiger partial charge in [-0.25, -0.2) is 0 Å². The molecular formula is C21H34O3. The molecule has 0 saturated heterocycles. The van der Waals surface area contributed by atoms with Crippen molar-refractivity contribution < 1.29 is 15.0 Å². The van der Waals surface area contributed by atoms with Crippen LogP contribution in [-0.4, -0.2) is 16.2 Å². The molecule has 0 bridgehead atoms. The maximum absolute atomic E-state index is 11.3. The molecule has 3 heteroatoms. The molecule has 0 spiro atoms. The first-order valence-corrected chi connectivity index (χ1v) is 9.57. The standard InChI is InChI=1S/C21H34O3/c1-3-5-7-8-10-17(9-6-4-2)15-19(16-21(23)24)18-11-13-20(22)14-12-18/h11-14,17,19,22H,3-10,15-16H2,1-2H3,(H,23,24). The lowest BCUT2D eigenvalue weighted by atomic mass is 9.82. The number of unbranched alkanes of at least 4 members (excludes halogenated alkanes) is 4. The molecule has 3 nitrogen and oxygen atoms in total. The Bertz CT molecular complexity index is 453. The SMILES string of the molecule is CCCCCCC(CCCC)CC(CC(=O)O)c1ccc(O)cc1. The summed E-state index contributed by atoms with van der Waals surface area (Å²) in [5.74, 6) is 0.124. The van der Waals surface area contributed by atoms with Crippen LogP contribution >= 0.6 is 0 Å². The van der Waals surface area contributed by atoms with Crippen LogP contribution in [0.25, 0.3) is 0 Å². The summed E-state index contributed by atoms with van der Waals surface area (Å²) in [7, 11) is 0. The molecule has 0 aromatic heterocycles. The second kappa shape index (κ2) is 11.9. The minimum Gasteiger partial charge on any atom is -0.508 e. The van der Waals surface area contributed by atoms with Gasteiger partial charge in [0.2, 0.25) is 0 Å². The highest BCUT2D eigenvalue weighted by molar-refractivity contribution is 5.68. The average molecular weight is 334 g/mol. The predicted octanol–water partition coefficient (Wildman–Crippen LogP) is 6.12. The molecule has 2 N–H and O–H groups in total. The van der Waals surface area contributed by atoms with Crippen molar-refractivity contribution in [1.29, 1.82) is 0 Å². The van der Waals surface area contributed by atoms with E-state index in [1.54, 1.807) is 12.1 Å². The topological polar surface area (TPSA) is 57.5 Å². The lowest BCUT2D eigenvalue weighted by molar-refractivity contribution is -0.137. The maximum Gasteiger partial charge on any atom is 0.303 e. The molecule has 1 aromatic carbocycles. The molecule has 2 atom stereocenters. The number of hydrogen-bond donors (Lipinski definition) is 2. The molecule has 0 fully saturated rings. The molecule has 2 unspecified atom stereocenters. The minimum atomic E-state index is -0.742. The number of benzene rings is 1. The summed E-state index contributed by atoms with van der Waals surface area (Å²) in [5.41, 5.74) is 1.03. The van der Waals surface area contributed by atoms with Crippen molar-refractivity contribution in [3.63, 3.8) is 0 Å². The van der Waals surface area contributed by atoms with Gasteiger partial charge in [-0.05, 0) is 36.0 Å². The molecule has 136 valence electrons. The molecule has 0 amide bonds. The van der Waals surface area contributed by atoms with Gasteiger partial charge >= 0.3 is 5.97 Å². The molecule has 1 rings (SSSR count). The van der Waals surface area contributed by atoms with Crippen molar-refractivity contribution in [3.05, 3.63) is 29.8 Å². The lowest BCUT2D eigenvalue weighted by Crippen LogP contribution is -2.12. The van der Waals surface area contributed by atoms with Crippen molar-refractivity contribution in [3.8, 4) is 5.75 Å². The summed E-state index contributed by atoms with van der Waals surface area (Å²) in [6.07, 6.45) is 11.0. The fourth-order valence-corrected chi connectivity index (χ4v) is 3.43. The van der Waals surface area contributed by atoms with E-state index < -0.39 is 5.97 Å². The van der Waals surface area contributed by atoms with Crippen LogP contribution in [0.4, 0.5) is 0 Å². The fraction of sp³-hybridized carbons (Fsp3) is 0.667. The van der Waals surface area contributed by atoms with E-state index >= 15 is 0 Å². The van der Waals surface area contributed by atoms with Gasteiger partial charge in [-0.15, -0.1) is 0 Å². The van der Waals surface area contributed by atoms with Gasteiger partial charge in [-0.3, -0.25) is 4.79 Å². The van der Waals surface area contributed by atoms with Crippen LogP contribution in [-0.2, 0) is 4.79 Å². The molecule has 0 heterocycles. The Balaban J connectivity index is 2.73. The minimum absolute atomic E-state index is 0.0381. The van der Waals surface area contributed by atoms with Gasteiger partial charge in [0.05, 0.1) is 6.42 Å². The Morgan fingerprint density at radius 1 is 0.958 bits per heavy atom. The first-order chi connectivity index (χ1) is 11.6. The summed E-state index contributed by atoms with van der Waals surface area (Å²) in [5, 5.41) is 18.8. The number of carbonyl (C=O) groups is 1. The van der Waals surface area contributed by atoms with Crippen LogP contribution in [0.2, 0.25) is 0 Å². The van der Waals surface area contributed by atoms with Crippen molar-refractivity contribution in [1.82, 2.24) is 0 Å². The monoisotopic (exact) mass is 334 g/mol. The van der Waals surface area contributed by atoms with E-state index in [-0.39, 0.29) is 18.1 Å². The van der Waals surface area contributed by atoms with Crippen LogP contribution < -0.4 is 0 Å². The second-order valence-corrected chi connectivity index (χ2v) is 6.98. The van der Waals surface area contributed by atoms with E-state index in [1.165, 1.54) is 51.4 Å². The molecule has 0 saturated carbocycles. The highest BCUT2D eigenvalue weighted by Crippen LogP contribution is 2.33. The van der Waals surface area contributed by atoms with Crippen LogP contribution in [0.3, 0.4) is 0 Å². The highest BCUT2D eigenvalue weighted by Gasteiger charge is 2.20. The van der Waals surface area contributed by atoms with Gasteiger partial charge in [-0.2, -0.15) is 0 Å². The van der Waals surface area contributed by atoms with Crippen LogP contribution in [0.15, 0.2) is 24.3 Å². The second-order valence-electron chi connectivity index (χ2n) is 6.98. The normalized spacial score (nSPS) is 13.6. The number of phenolic OH excluding ortho intramolecular Hbond substituents is 1. The Hall–Kier alpha value is -1.51. The molecule has 1 aromatic rings. The predicted molar refractivity (Wildman–Crippen MR) is 99.5 cm³/mol. The first-order valence-electron chi connectivity index (χ1n) is 9.57. The molecule has 24 heavy (non-hydrogen) atoms. The van der Waals surface area contributed by atoms with E-state index in [4.69, 9.17) is 0 Å². The van der Waals surface area contributed by atoms with Crippen LogP contribution in [0, 0.1) is 5.92 Å². The number of aromatic hydroxyl groups is 1. The number of hydrogen-bond acceptors (Lipinski definition) is 2. The maximum atomic E-state index is 11.3. The fourth-order valence-electron chi connectivity index (χ4n) is 3.43. The van der Waals surface area contributed by atoms with Crippen molar-refractivity contribution >= 4 is 5.97 Å². The summed E-state index contributed by atoms with van der Waals surface area (Å²) < 4.78 is 0. The quantitative estimate of drug-likeness (QED) is 0.427. The van der Waals surface area contributed by atoms with E-state index in [1.807, 2.05) is 12.1 Å². The number of phenols is 1. The van der Waals surface area contributed by atoms with Crippen LogP contribution in [0.5, 0.6) is 5.75 Å². The molecular weight excluding hydrogens is 300 g/mol. The summed E-state index contributed by atoms with van der Waals surface area (Å²) in [4.78, 5) is 11.3. The van der Waals surface area contributed by atoms with E-state index in [9.17, 15) is 15.0 Å². The van der Waals surface area contributed by atoms with Gasteiger partial charge in [-0.1, -0.05) is 77.3 Å². The largest absolute Gasteiger partial charge is 0.508 e. The number of aliphatic carboxylic acids is 1. The third-order valence-electron chi connectivity index (χ3n) is 4.84. The van der Waals surface area contributed by atoms with Gasteiger partial charge in [0, 0.05) is 0 Å². The van der Waals surface area contributed by atoms with Crippen molar-refractivity contribution in [2.75, 3.05) is 0 Å². The lowest BCUT2D eigenvalue weighted by Gasteiger charge is -2.23. The average Bonchev–Trinajstić information content (AvgIpc) is 2.55. The number of rotatable bonds is 13. The Morgan fingerprint density at radius 3 is 2.17 bits per heavy atom. The smallest absolute Gasteiger partial charge is 0.303 e. The molecule has 0 aliphatic heterocycles. The van der Waals surface area contributed by atoms with Gasteiger partial charge in [0.1, 0.15) is 5.75 Å². The van der Waals surface area contributed by atoms with Gasteiger partial charge < -0.3 is 10.2 Å². The van der Waals surface area contributed by atoms with E-state index in [0.29, 0.717) is 5.92 Å². The number of carboxylic acid groups (broad SMARTS) is 1. The Labute approximate surface area is 147 Å². The summed E-state index contributed by atoms with van der Waals surface area (Å²) >= 11 is 0. The van der Waals surface area contributed by atoms with Gasteiger partial charge in [0.25, 0.3) is 0 Å². The third-order valence-corrected chi connectivity index (χ3v) is 4.84. The van der Waals surface area contributed by atoms with Gasteiger partial charge in [0.15, 0.2) is 0 Å². The third kappa shape index (κ3) is 8.37. The molecule has 0 radical (unpaired) electrons. The highest BCUT2D eigenvalue weighted by atomic mass is 16.4. The zero-order valence-corrected chi connectivity index (χ0v) is 15.3. The zero-order chi connectivity index (χ0) is 17.8. The Kier molecular flexibility index (Phi) is 10.2.